The summed E-state index contributed by atoms with van der Waals surface area (Å²) in [7, 11) is 0. The predicted molar refractivity (Wildman–Crippen MR) is 311 cm³/mol. The lowest BCUT2D eigenvalue weighted by atomic mass is 9.78. The summed E-state index contributed by atoms with van der Waals surface area (Å²) < 4.78 is 29.7. The van der Waals surface area contributed by atoms with Gasteiger partial charge >= 0.3 is 0 Å². The second-order valence-corrected chi connectivity index (χ2v) is 25.3. The quantitative estimate of drug-likeness (QED) is 0.173. The molecule has 2 aromatic heterocycles. The van der Waals surface area contributed by atoms with Crippen LogP contribution in [0.2, 0.25) is 0 Å². The lowest BCUT2D eigenvalue weighted by Gasteiger charge is -2.27. The summed E-state index contributed by atoms with van der Waals surface area (Å²) in [6.07, 6.45) is 1.89. The number of phenolic OH excluding ortho intramolecular Hbond substituents is 1. The number of fused-ring (bicyclic) bond motifs is 1. The van der Waals surface area contributed by atoms with Crippen molar-refractivity contribution in [3.63, 3.8) is 0 Å². The van der Waals surface area contributed by atoms with Crippen molar-refractivity contribution in [1.82, 2.24) is 14.5 Å². The molecule has 4 heteroatoms. The van der Waals surface area contributed by atoms with E-state index in [4.69, 9.17) is 9.97 Å². The first-order valence-corrected chi connectivity index (χ1v) is 25.9. The molecule has 0 radical (unpaired) electrons. The summed E-state index contributed by atoms with van der Waals surface area (Å²) in [5, 5.41) is 12.6. The fourth-order valence-electron chi connectivity index (χ4n) is 9.75. The van der Waals surface area contributed by atoms with Gasteiger partial charge in [-0.1, -0.05) is 207 Å². The van der Waals surface area contributed by atoms with Gasteiger partial charge in [0.15, 0.2) is 0 Å². The Morgan fingerprint density at radius 3 is 1.56 bits per heavy atom. The molecule has 73 heavy (non-hydrogen) atoms. The maximum atomic E-state index is 12.6. The number of para-hydroxylation sites is 1. The van der Waals surface area contributed by atoms with Crippen molar-refractivity contribution in [1.29, 1.82) is 0 Å². The summed E-state index contributed by atoms with van der Waals surface area (Å²) in [5.74, 6) is 0.580. The third-order valence-electron chi connectivity index (χ3n) is 14.4. The number of nitrogens with zero attached hydrogens (tertiary/aromatic N) is 3. The average molecular weight is 965 g/mol. The van der Waals surface area contributed by atoms with Crippen LogP contribution >= 0.6 is 0 Å². The number of benzene rings is 7. The third kappa shape index (κ3) is 10.3. The fourth-order valence-corrected chi connectivity index (χ4v) is 9.75. The Kier molecular flexibility index (Phi) is 11.9. The number of hydrogen-bond acceptors (Lipinski definition) is 3. The van der Waals surface area contributed by atoms with Crippen molar-refractivity contribution in [3.05, 3.63) is 191 Å². The molecule has 1 N–H and O–H groups in total. The standard InChI is InChI=1S/C69H75N3O/c1-43-33-47(49-35-53(66(5,6)7)40-54(36-49)67(8,9)10)29-30-60(43)72-61-24-20-23-56(62(61)71-64(72)57-41-55(68(11,12)13)42-58(63(57)73)69(14,15)16)50-34-51(38-52(37-50)65(2,3)4)59-39-48(31-32-70-59)46-27-25-45(26-28-46)44-21-18-17-19-22-44/h17-42,73H,1-16H3/i1D3. The van der Waals surface area contributed by atoms with Gasteiger partial charge in [0.1, 0.15) is 11.6 Å². The molecule has 9 rings (SSSR count). The van der Waals surface area contributed by atoms with Gasteiger partial charge in [-0.2, -0.15) is 0 Å². The summed E-state index contributed by atoms with van der Waals surface area (Å²) >= 11 is 0. The largest absolute Gasteiger partial charge is 0.507 e. The van der Waals surface area contributed by atoms with Crippen LogP contribution in [0.3, 0.4) is 0 Å². The number of aromatic hydroxyl groups is 1. The molecule has 0 aliphatic carbocycles. The number of rotatable bonds is 7. The average Bonchev–Trinajstić information content (AvgIpc) is 3.79. The monoisotopic (exact) mass is 965 g/mol. The van der Waals surface area contributed by atoms with Crippen molar-refractivity contribution >= 4 is 11.0 Å². The van der Waals surface area contributed by atoms with Gasteiger partial charge in [0.2, 0.25) is 0 Å². The molecule has 372 valence electrons. The van der Waals surface area contributed by atoms with Gasteiger partial charge in [0, 0.05) is 27.0 Å². The number of phenols is 1. The van der Waals surface area contributed by atoms with Crippen LogP contribution in [0, 0.1) is 6.85 Å². The maximum absolute atomic E-state index is 12.6. The van der Waals surface area contributed by atoms with Crippen molar-refractivity contribution in [3.8, 4) is 78.6 Å². The first-order chi connectivity index (χ1) is 35.4. The van der Waals surface area contributed by atoms with E-state index in [-0.39, 0.29) is 33.0 Å². The number of pyridine rings is 1. The van der Waals surface area contributed by atoms with E-state index in [1.807, 2.05) is 53.2 Å². The minimum atomic E-state index is -2.53. The van der Waals surface area contributed by atoms with Crippen LogP contribution in [-0.4, -0.2) is 19.6 Å². The highest BCUT2D eigenvalue weighted by Gasteiger charge is 2.30. The zero-order valence-corrected chi connectivity index (χ0v) is 45.8. The summed E-state index contributed by atoms with van der Waals surface area (Å²) in [4.78, 5) is 10.6. The Morgan fingerprint density at radius 1 is 0.425 bits per heavy atom. The Balaban J connectivity index is 1.30. The molecule has 0 bridgehead atoms. The Labute approximate surface area is 440 Å². The van der Waals surface area contributed by atoms with Crippen molar-refractivity contribution in [2.24, 2.45) is 0 Å². The van der Waals surface area contributed by atoms with E-state index in [0.29, 0.717) is 22.6 Å². The minimum Gasteiger partial charge on any atom is -0.507 e. The second-order valence-electron chi connectivity index (χ2n) is 25.3. The predicted octanol–water partition coefficient (Wildman–Crippen LogP) is 18.9. The summed E-state index contributed by atoms with van der Waals surface area (Å²) in [6, 6.07) is 52.9. The third-order valence-corrected chi connectivity index (χ3v) is 14.4. The molecule has 0 amide bonds. The van der Waals surface area contributed by atoms with Gasteiger partial charge in [-0.05, 0) is 149 Å². The SMILES string of the molecule is [2H]C([2H])([2H])c1cc(-c2cc(C(C)(C)C)cc(C(C)(C)C)c2)ccc1-n1c(-c2cc(C(C)(C)C)cc(C(C)(C)C)c2O)nc2c(-c3cc(-c4cc(-c5ccc(-c6ccccc6)cc5)ccn4)cc(C(C)(C)C)c3)cccc21. The minimum absolute atomic E-state index is 0.122. The number of aryl methyl sites for hydroxylation is 1. The highest BCUT2D eigenvalue weighted by atomic mass is 16.3. The van der Waals surface area contributed by atoms with Crippen LogP contribution in [0.4, 0.5) is 0 Å². The second kappa shape index (κ2) is 18.5. The Bertz CT molecular complexity index is 3610. The smallest absolute Gasteiger partial charge is 0.149 e. The molecule has 0 fully saturated rings. The summed E-state index contributed by atoms with van der Waals surface area (Å²) in [6.45, 7) is 30.3. The van der Waals surface area contributed by atoms with E-state index in [0.717, 1.165) is 72.4 Å². The topological polar surface area (TPSA) is 50.9 Å². The van der Waals surface area contributed by atoms with E-state index >= 15 is 0 Å². The van der Waals surface area contributed by atoms with Gasteiger partial charge in [-0.15, -0.1) is 0 Å². The van der Waals surface area contributed by atoms with Crippen LogP contribution in [0.5, 0.6) is 5.75 Å². The first kappa shape index (κ1) is 47.0. The number of hydrogen-bond donors (Lipinski definition) is 1. The fraction of sp³-hybridized carbons (Fsp3) is 0.304. The molecule has 0 saturated heterocycles. The van der Waals surface area contributed by atoms with Gasteiger partial charge in [0.05, 0.1) is 28.0 Å². The molecule has 9 aromatic rings. The molecule has 0 aliphatic heterocycles. The van der Waals surface area contributed by atoms with Gasteiger partial charge in [-0.3, -0.25) is 9.55 Å². The molecule has 0 spiro atoms. The lowest BCUT2D eigenvalue weighted by molar-refractivity contribution is 0.446. The van der Waals surface area contributed by atoms with Crippen LogP contribution in [0.1, 0.15) is 141 Å². The lowest BCUT2D eigenvalue weighted by Crippen LogP contribution is -2.17. The molecule has 0 aliphatic rings. The first-order valence-electron chi connectivity index (χ1n) is 27.4. The van der Waals surface area contributed by atoms with Gasteiger partial charge in [-0.25, -0.2) is 4.98 Å². The zero-order chi connectivity index (χ0) is 55.1. The van der Waals surface area contributed by atoms with Crippen molar-refractivity contribution in [2.75, 3.05) is 0 Å². The molecule has 0 unspecified atom stereocenters. The van der Waals surface area contributed by atoms with Crippen LogP contribution < -0.4 is 0 Å². The molecule has 0 atom stereocenters. The number of aromatic nitrogens is 3. The van der Waals surface area contributed by atoms with E-state index in [1.165, 1.54) is 16.7 Å². The van der Waals surface area contributed by atoms with Gasteiger partial charge < -0.3 is 5.11 Å². The molecule has 7 aromatic carbocycles. The maximum Gasteiger partial charge on any atom is 0.149 e. The molecule has 2 heterocycles. The summed E-state index contributed by atoms with van der Waals surface area (Å²) in [5.41, 5.74) is 16.6. The van der Waals surface area contributed by atoms with Crippen molar-refractivity contribution < 1.29 is 9.22 Å². The zero-order valence-electron chi connectivity index (χ0n) is 48.8. The van der Waals surface area contributed by atoms with Crippen LogP contribution in [0.25, 0.3) is 83.9 Å². The highest BCUT2D eigenvalue weighted by molar-refractivity contribution is 5.97. The van der Waals surface area contributed by atoms with E-state index < -0.39 is 12.3 Å². The Hall–Kier alpha value is -7.04. The molecule has 0 saturated carbocycles. The molecule has 4 nitrogen and oxygen atoms in total. The van der Waals surface area contributed by atoms with E-state index in [2.05, 4.69) is 213 Å². The normalized spacial score (nSPS) is 13.5. The number of imidazole rings is 1. The van der Waals surface area contributed by atoms with E-state index in [9.17, 15) is 9.22 Å². The Morgan fingerprint density at radius 2 is 0.959 bits per heavy atom. The molecular formula is C69H75N3O. The van der Waals surface area contributed by atoms with Crippen LogP contribution in [0.15, 0.2) is 158 Å². The van der Waals surface area contributed by atoms with Gasteiger partial charge in [0.25, 0.3) is 0 Å². The van der Waals surface area contributed by atoms with Crippen LogP contribution in [-0.2, 0) is 27.1 Å². The van der Waals surface area contributed by atoms with E-state index in [1.54, 1.807) is 0 Å². The molecular weight excluding hydrogens is 887 g/mol. The highest BCUT2D eigenvalue weighted by Crippen LogP contribution is 2.46. The van der Waals surface area contributed by atoms with Crippen molar-refractivity contribution in [2.45, 2.75) is 138 Å².